The average molecular weight is 332 g/mol. The van der Waals surface area contributed by atoms with Gasteiger partial charge in [0.15, 0.2) is 14.6 Å². The summed E-state index contributed by atoms with van der Waals surface area (Å²) in [4.78, 5) is 2.21. The van der Waals surface area contributed by atoms with Gasteiger partial charge in [0.25, 0.3) is 0 Å². The zero-order valence-corrected chi connectivity index (χ0v) is 14.7. The maximum absolute atomic E-state index is 11.7. The fraction of sp³-hybridized carbons (Fsp3) is 0.846. The predicted octanol–water partition coefficient (Wildman–Crippen LogP) is 1.36. The summed E-state index contributed by atoms with van der Waals surface area (Å²) in [6.07, 6.45) is 0.703. The van der Waals surface area contributed by atoms with Crippen molar-refractivity contribution in [3.63, 3.8) is 0 Å². The van der Waals surface area contributed by atoms with Crippen LogP contribution in [0.4, 0.5) is 0 Å². The molecule has 1 aromatic heterocycles. The van der Waals surface area contributed by atoms with Gasteiger partial charge in [-0.1, -0.05) is 13.8 Å². The van der Waals surface area contributed by atoms with Crippen molar-refractivity contribution < 1.29 is 8.42 Å². The fourth-order valence-electron chi connectivity index (χ4n) is 2.71. The highest BCUT2D eigenvalue weighted by Crippen LogP contribution is 2.19. The maximum atomic E-state index is 11.7. The third-order valence-corrected chi connectivity index (χ3v) is 6.13. The molecular weight excluding hydrogens is 308 g/mol. The van der Waals surface area contributed by atoms with E-state index in [2.05, 4.69) is 23.8 Å². The molecule has 0 saturated carbocycles. The van der Waals surface area contributed by atoms with Gasteiger partial charge in [-0.3, -0.25) is 4.90 Å². The van der Waals surface area contributed by atoms with Crippen molar-refractivity contribution >= 4 is 22.1 Å². The first kappa shape index (κ1) is 16.6. The third-order valence-electron chi connectivity index (χ3n) is 3.90. The highest BCUT2D eigenvalue weighted by atomic mass is 32.2. The first-order valence-electron chi connectivity index (χ1n) is 7.24. The van der Waals surface area contributed by atoms with Gasteiger partial charge in [-0.2, -0.15) is 5.10 Å². The summed E-state index contributed by atoms with van der Waals surface area (Å²) in [6, 6.07) is 0.0709. The molecule has 0 radical (unpaired) electrons. The van der Waals surface area contributed by atoms with Crippen LogP contribution in [0, 0.1) is 17.6 Å². The summed E-state index contributed by atoms with van der Waals surface area (Å²) in [5, 5.41) is 4.45. The largest absolute Gasteiger partial charge is 0.307 e. The lowest BCUT2D eigenvalue weighted by molar-refractivity contribution is 0.137. The summed E-state index contributed by atoms with van der Waals surface area (Å²) in [6.45, 7) is 7.59. The first-order chi connectivity index (χ1) is 9.69. The lowest BCUT2D eigenvalue weighted by Crippen LogP contribution is -2.40. The number of nitrogens with zero attached hydrogens (tertiary/aromatic N) is 4. The first-order valence-corrected chi connectivity index (χ1v) is 9.47. The molecule has 21 heavy (non-hydrogen) atoms. The maximum Gasteiger partial charge on any atom is 0.198 e. The van der Waals surface area contributed by atoms with Gasteiger partial charge >= 0.3 is 0 Å². The number of aryl methyl sites for hydroxylation is 1. The molecule has 0 aromatic carbocycles. The molecular formula is C13H24N4O2S2. The minimum atomic E-state index is -2.88. The van der Waals surface area contributed by atoms with Gasteiger partial charge in [-0.05, 0) is 31.5 Å². The van der Waals surface area contributed by atoms with Gasteiger partial charge in [0.2, 0.25) is 0 Å². The number of aromatic nitrogens is 3. The van der Waals surface area contributed by atoms with Gasteiger partial charge < -0.3 is 4.57 Å². The van der Waals surface area contributed by atoms with Crippen LogP contribution in [0.2, 0.25) is 0 Å². The van der Waals surface area contributed by atoms with Gasteiger partial charge in [0, 0.05) is 19.6 Å². The van der Waals surface area contributed by atoms with Crippen molar-refractivity contribution in [2.75, 3.05) is 18.1 Å². The normalized spacial score (nSPS) is 21.5. The van der Waals surface area contributed by atoms with Gasteiger partial charge in [0.1, 0.15) is 5.82 Å². The van der Waals surface area contributed by atoms with Crippen molar-refractivity contribution in [2.45, 2.75) is 39.9 Å². The Morgan fingerprint density at radius 1 is 1.48 bits per heavy atom. The molecule has 1 fully saturated rings. The summed E-state index contributed by atoms with van der Waals surface area (Å²) < 4.78 is 27.8. The van der Waals surface area contributed by atoms with Crippen molar-refractivity contribution in [3.05, 3.63) is 10.6 Å². The molecule has 120 valence electrons. The molecule has 1 aliphatic heterocycles. The van der Waals surface area contributed by atoms with E-state index in [1.165, 1.54) is 0 Å². The summed E-state index contributed by atoms with van der Waals surface area (Å²) in [5.74, 6) is 1.87. The van der Waals surface area contributed by atoms with Crippen molar-refractivity contribution in [1.82, 2.24) is 19.2 Å². The van der Waals surface area contributed by atoms with Gasteiger partial charge in [-0.15, -0.1) is 0 Å². The van der Waals surface area contributed by atoms with Crippen LogP contribution in [-0.2, 0) is 23.6 Å². The Labute approximate surface area is 131 Å². The molecule has 8 heteroatoms. The number of hydrogen-bond donors (Lipinski definition) is 0. The quantitative estimate of drug-likeness (QED) is 0.762. The summed E-state index contributed by atoms with van der Waals surface area (Å²) in [5.41, 5.74) is 0. The zero-order valence-electron chi connectivity index (χ0n) is 13.1. The van der Waals surface area contributed by atoms with Crippen LogP contribution in [0.15, 0.2) is 0 Å². The fourth-order valence-corrected chi connectivity index (χ4v) is 4.71. The van der Waals surface area contributed by atoms with Crippen molar-refractivity contribution in [1.29, 1.82) is 0 Å². The molecule has 0 spiro atoms. The molecule has 0 amide bonds. The summed E-state index contributed by atoms with van der Waals surface area (Å²) in [7, 11) is -0.987. The van der Waals surface area contributed by atoms with E-state index in [1.54, 1.807) is 4.68 Å². The van der Waals surface area contributed by atoms with E-state index in [4.69, 9.17) is 12.2 Å². The van der Waals surface area contributed by atoms with Crippen LogP contribution in [0.25, 0.3) is 0 Å². The highest BCUT2D eigenvalue weighted by molar-refractivity contribution is 7.91. The Bertz CT molecular complexity index is 660. The van der Waals surface area contributed by atoms with E-state index < -0.39 is 9.84 Å². The van der Waals surface area contributed by atoms with Gasteiger partial charge in [0.05, 0.1) is 18.2 Å². The minimum Gasteiger partial charge on any atom is -0.307 e. The molecule has 0 aliphatic carbocycles. The van der Waals surface area contributed by atoms with Crippen molar-refractivity contribution in [2.24, 2.45) is 13.0 Å². The minimum absolute atomic E-state index is 0.0709. The van der Waals surface area contributed by atoms with Crippen LogP contribution in [-0.4, -0.2) is 51.8 Å². The molecule has 2 rings (SSSR count). The second-order valence-corrected chi connectivity index (χ2v) is 8.85. The van der Waals surface area contributed by atoms with Crippen LogP contribution in [0.3, 0.4) is 0 Å². The monoisotopic (exact) mass is 332 g/mol. The topological polar surface area (TPSA) is 60.1 Å². The molecule has 2 heterocycles. The van der Waals surface area contributed by atoms with E-state index in [0.717, 1.165) is 12.4 Å². The zero-order chi connectivity index (χ0) is 15.8. The lowest BCUT2D eigenvalue weighted by atomic mass is 10.1. The van der Waals surface area contributed by atoms with Crippen LogP contribution in [0.5, 0.6) is 0 Å². The van der Waals surface area contributed by atoms with Crippen LogP contribution >= 0.6 is 12.2 Å². The third kappa shape index (κ3) is 3.92. The molecule has 6 nitrogen and oxygen atoms in total. The molecule has 1 aliphatic rings. The number of hydrogen-bond acceptors (Lipinski definition) is 5. The van der Waals surface area contributed by atoms with Gasteiger partial charge in [-0.25, -0.2) is 13.1 Å². The SMILES string of the molecule is Cc1nn(CN(CC(C)C)C2CCS(=O)(=O)C2)c(=S)n1C. The Balaban J connectivity index is 2.21. The smallest absolute Gasteiger partial charge is 0.198 e. The molecule has 1 unspecified atom stereocenters. The summed E-state index contributed by atoms with van der Waals surface area (Å²) >= 11 is 5.38. The second-order valence-electron chi connectivity index (χ2n) is 6.25. The van der Waals surface area contributed by atoms with E-state index >= 15 is 0 Å². The highest BCUT2D eigenvalue weighted by Gasteiger charge is 2.32. The Hall–Kier alpha value is -0.730. The second kappa shape index (κ2) is 6.18. The molecule has 0 N–H and O–H groups in total. The predicted molar refractivity (Wildman–Crippen MR) is 85.4 cm³/mol. The lowest BCUT2D eigenvalue weighted by Gasteiger charge is -2.29. The Kier molecular flexibility index (Phi) is 4.89. The number of sulfone groups is 1. The van der Waals surface area contributed by atoms with E-state index in [1.807, 2.05) is 18.5 Å². The van der Waals surface area contributed by atoms with E-state index in [9.17, 15) is 8.42 Å². The Morgan fingerprint density at radius 3 is 2.57 bits per heavy atom. The molecule has 1 atom stereocenters. The average Bonchev–Trinajstić information content (AvgIpc) is 2.84. The van der Waals surface area contributed by atoms with Crippen LogP contribution in [0.1, 0.15) is 26.1 Å². The molecule has 0 bridgehead atoms. The Morgan fingerprint density at radius 2 is 2.14 bits per heavy atom. The van der Waals surface area contributed by atoms with E-state index in [0.29, 0.717) is 29.5 Å². The standard InChI is InChI=1S/C13H24N4O2S2/c1-10(2)7-16(12-5-6-21(18,19)8-12)9-17-13(20)15(4)11(3)14-17/h10,12H,5-9H2,1-4H3. The molecule has 1 saturated heterocycles. The van der Waals surface area contributed by atoms with Crippen molar-refractivity contribution in [3.8, 4) is 0 Å². The van der Waals surface area contributed by atoms with Crippen LogP contribution < -0.4 is 0 Å². The molecule has 1 aromatic rings. The van der Waals surface area contributed by atoms with E-state index in [-0.39, 0.29) is 11.8 Å². The number of rotatable bonds is 5.